The Morgan fingerprint density at radius 1 is 1.40 bits per heavy atom. The van der Waals surface area contributed by atoms with Crippen molar-refractivity contribution in [1.82, 2.24) is 19.7 Å². The van der Waals surface area contributed by atoms with Gasteiger partial charge in [-0.1, -0.05) is 13.8 Å². The molecule has 0 amide bonds. The Hall–Kier alpha value is -1.91. The lowest BCUT2D eigenvalue weighted by molar-refractivity contribution is 0.436. The van der Waals surface area contributed by atoms with Crippen LogP contribution in [0.1, 0.15) is 56.0 Å². The standard InChI is InChI=1S/C15H21N5/c1-10(2)14-18-15-13(5-4-8-20(15)19-14)17-12-6-7-16-11(3)9-12/h6-7,9-10,13H,4-5,8H2,1-3H3,(H,16,17). The Balaban J connectivity index is 1.86. The summed E-state index contributed by atoms with van der Waals surface area (Å²) in [4.78, 5) is 8.96. The van der Waals surface area contributed by atoms with Crippen LogP contribution < -0.4 is 5.32 Å². The Morgan fingerprint density at radius 2 is 2.25 bits per heavy atom. The van der Waals surface area contributed by atoms with E-state index in [-0.39, 0.29) is 6.04 Å². The maximum Gasteiger partial charge on any atom is 0.153 e. The van der Waals surface area contributed by atoms with Crippen molar-refractivity contribution in [3.63, 3.8) is 0 Å². The van der Waals surface area contributed by atoms with Gasteiger partial charge in [-0.05, 0) is 31.9 Å². The van der Waals surface area contributed by atoms with Crippen LogP contribution in [0, 0.1) is 6.92 Å². The van der Waals surface area contributed by atoms with Gasteiger partial charge in [0.15, 0.2) is 5.82 Å². The van der Waals surface area contributed by atoms with Crippen LogP contribution in [0.15, 0.2) is 18.3 Å². The molecule has 0 bridgehead atoms. The lowest BCUT2D eigenvalue weighted by Gasteiger charge is -2.24. The minimum Gasteiger partial charge on any atom is -0.375 e. The zero-order chi connectivity index (χ0) is 14.1. The molecule has 0 radical (unpaired) electrons. The van der Waals surface area contributed by atoms with Crippen molar-refractivity contribution in [2.75, 3.05) is 5.32 Å². The van der Waals surface area contributed by atoms with Crippen LogP contribution in [0.4, 0.5) is 5.69 Å². The summed E-state index contributed by atoms with van der Waals surface area (Å²) in [6, 6.07) is 4.32. The molecule has 3 rings (SSSR count). The first-order valence-corrected chi connectivity index (χ1v) is 7.27. The van der Waals surface area contributed by atoms with E-state index in [0.717, 1.165) is 42.4 Å². The van der Waals surface area contributed by atoms with Crippen molar-refractivity contribution in [3.8, 4) is 0 Å². The summed E-state index contributed by atoms with van der Waals surface area (Å²) in [5.74, 6) is 2.38. The number of aryl methyl sites for hydroxylation is 2. The number of pyridine rings is 1. The van der Waals surface area contributed by atoms with Crippen molar-refractivity contribution in [1.29, 1.82) is 0 Å². The highest BCUT2D eigenvalue weighted by atomic mass is 15.4. The van der Waals surface area contributed by atoms with E-state index >= 15 is 0 Å². The van der Waals surface area contributed by atoms with E-state index in [0.29, 0.717) is 5.92 Å². The third kappa shape index (κ3) is 2.53. The van der Waals surface area contributed by atoms with Gasteiger partial charge in [-0.2, -0.15) is 5.10 Å². The number of anilines is 1. The topological polar surface area (TPSA) is 55.6 Å². The highest BCUT2D eigenvalue weighted by molar-refractivity contribution is 5.44. The summed E-state index contributed by atoms with van der Waals surface area (Å²) in [5.41, 5.74) is 2.13. The first-order valence-electron chi connectivity index (χ1n) is 7.27. The normalized spacial score (nSPS) is 18.1. The monoisotopic (exact) mass is 271 g/mol. The molecule has 1 aliphatic heterocycles. The average molecular weight is 271 g/mol. The van der Waals surface area contributed by atoms with Crippen LogP contribution in [0.2, 0.25) is 0 Å². The molecule has 5 nitrogen and oxygen atoms in total. The minimum atomic E-state index is 0.241. The van der Waals surface area contributed by atoms with Crippen LogP contribution in [-0.2, 0) is 6.54 Å². The van der Waals surface area contributed by atoms with E-state index < -0.39 is 0 Å². The van der Waals surface area contributed by atoms with Crippen molar-refractivity contribution in [2.24, 2.45) is 0 Å². The molecule has 106 valence electrons. The van der Waals surface area contributed by atoms with Crippen LogP contribution in [-0.4, -0.2) is 19.7 Å². The zero-order valence-corrected chi connectivity index (χ0v) is 12.3. The SMILES string of the molecule is Cc1cc(NC2CCCn3nc(C(C)C)nc32)ccn1. The largest absolute Gasteiger partial charge is 0.375 e. The number of hydrogen-bond donors (Lipinski definition) is 1. The Morgan fingerprint density at radius 3 is 3.00 bits per heavy atom. The summed E-state index contributed by atoms with van der Waals surface area (Å²) < 4.78 is 2.06. The van der Waals surface area contributed by atoms with Gasteiger partial charge in [0.05, 0.1) is 6.04 Å². The van der Waals surface area contributed by atoms with Gasteiger partial charge >= 0.3 is 0 Å². The molecule has 0 saturated carbocycles. The van der Waals surface area contributed by atoms with Gasteiger partial charge in [-0.25, -0.2) is 9.67 Å². The smallest absolute Gasteiger partial charge is 0.153 e. The third-order valence-electron chi connectivity index (χ3n) is 3.65. The summed E-state index contributed by atoms with van der Waals surface area (Å²) in [6.07, 6.45) is 4.07. The van der Waals surface area contributed by atoms with E-state index in [1.165, 1.54) is 0 Å². The number of rotatable bonds is 3. The molecule has 0 aromatic carbocycles. The fraction of sp³-hybridized carbons (Fsp3) is 0.533. The number of nitrogens with zero attached hydrogens (tertiary/aromatic N) is 4. The molecule has 5 heteroatoms. The maximum atomic E-state index is 4.72. The molecule has 3 heterocycles. The Labute approximate surface area is 119 Å². The molecule has 1 unspecified atom stereocenters. The van der Waals surface area contributed by atoms with Crippen molar-refractivity contribution >= 4 is 5.69 Å². The van der Waals surface area contributed by atoms with Gasteiger partial charge in [0.1, 0.15) is 5.82 Å². The van der Waals surface area contributed by atoms with Gasteiger partial charge < -0.3 is 5.32 Å². The molecule has 2 aromatic heterocycles. The molecular formula is C15H21N5. The van der Waals surface area contributed by atoms with Gasteiger partial charge in [0, 0.05) is 30.0 Å². The van der Waals surface area contributed by atoms with Gasteiger partial charge in [0.2, 0.25) is 0 Å². The molecule has 1 aliphatic rings. The summed E-state index contributed by atoms with van der Waals surface area (Å²) in [7, 11) is 0. The highest BCUT2D eigenvalue weighted by Gasteiger charge is 2.24. The van der Waals surface area contributed by atoms with Crippen molar-refractivity contribution < 1.29 is 0 Å². The second-order valence-electron chi connectivity index (χ2n) is 5.73. The lowest BCUT2D eigenvalue weighted by atomic mass is 10.1. The van der Waals surface area contributed by atoms with E-state index in [9.17, 15) is 0 Å². The average Bonchev–Trinajstić information content (AvgIpc) is 2.84. The fourth-order valence-corrected chi connectivity index (χ4v) is 2.59. The Bertz CT molecular complexity index is 602. The predicted octanol–water partition coefficient (Wildman–Crippen LogP) is 3.05. The molecular weight excluding hydrogens is 250 g/mol. The van der Waals surface area contributed by atoms with E-state index in [1.54, 1.807) is 0 Å². The molecule has 2 aromatic rings. The van der Waals surface area contributed by atoms with Crippen LogP contribution in [0.25, 0.3) is 0 Å². The first-order chi connectivity index (χ1) is 9.63. The molecule has 1 N–H and O–H groups in total. The van der Waals surface area contributed by atoms with Crippen molar-refractivity contribution in [3.05, 3.63) is 35.7 Å². The highest BCUT2D eigenvalue weighted by Crippen LogP contribution is 2.28. The second kappa shape index (κ2) is 5.23. The maximum absolute atomic E-state index is 4.72. The molecule has 1 atom stereocenters. The second-order valence-corrected chi connectivity index (χ2v) is 5.73. The summed E-state index contributed by atoms with van der Waals surface area (Å²) in [5, 5.41) is 8.18. The van der Waals surface area contributed by atoms with E-state index in [4.69, 9.17) is 4.98 Å². The van der Waals surface area contributed by atoms with Crippen LogP contribution in [0.5, 0.6) is 0 Å². The lowest BCUT2D eigenvalue weighted by Crippen LogP contribution is -2.22. The van der Waals surface area contributed by atoms with Crippen molar-refractivity contribution in [2.45, 2.75) is 52.1 Å². The van der Waals surface area contributed by atoms with Crippen LogP contribution in [0.3, 0.4) is 0 Å². The number of fused-ring (bicyclic) bond motifs is 1. The van der Waals surface area contributed by atoms with E-state index in [1.807, 2.05) is 19.2 Å². The third-order valence-corrected chi connectivity index (χ3v) is 3.65. The number of aromatic nitrogens is 4. The quantitative estimate of drug-likeness (QED) is 0.932. The van der Waals surface area contributed by atoms with Gasteiger partial charge in [-0.3, -0.25) is 4.98 Å². The van der Waals surface area contributed by atoms with Crippen LogP contribution >= 0.6 is 0 Å². The summed E-state index contributed by atoms with van der Waals surface area (Å²) in [6.45, 7) is 7.25. The van der Waals surface area contributed by atoms with E-state index in [2.05, 4.69) is 40.0 Å². The predicted molar refractivity (Wildman–Crippen MR) is 78.7 cm³/mol. The molecule has 0 aliphatic carbocycles. The fourth-order valence-electron chi connectivity index (χ4n) is 2.59. The Kier molecular flexibility index (Phi) is 3.42. The number of nitrogens with one attached hydrogen (secondary N) is 1. The first kappa shape index (κ1) is 13.1. The zero-order valence-electron chi connectivity index (χ0n) is 12.3. The molecule has 0 spiro atoms. The number of hydrogen-bond acceptors (Lipinski definition) is 4. The molecule has 0 saturated heterocycles. The van der Waals surface area contributed by atoms with Gasteiger partial charge in [-0.15, -0.1) is 0 Å². The molecule has 20 heavy (non-hydrogen) atoms. The summed E-state index contributed by atoms with van der Waals surface area (Å²) >= 11 is 0. The molecule has 0 fully saturated rings. The van der Waals surface area contributed by atoms with Gasteiger partial charge in [0.25, 0.3) is 0 Å². The minimum absolute atomic E-state index is 0.241.